The Morgan fingerprint density at radius 1 is 0.947 bits per heavy atom. The Kier molecular flexibility index (Phi) is 3.79. The van der Waals surface area contributed by atoms with E-state index in [1.54, 1.807) is 0 Å². The summed E-state index contributed by atoms with van der Waals surface area (Å²) in [6.07, 6.45) is 0. The highest BCUT2D eigenvalue weighted by molar-refractivity contribution is 5.59. The topological polar surface area (TPSA) is 32.3 Å². The molecule has 0 radical (unpaired) electrons. The number of aryl methyl sites for hydroxylation is 3. The van der Waals surface area contributed by atoms with Crippen molar-refractivity contribution in [1.29, 1.82) is 0 Å². The molecule has 0 bridgehead atoms. The lowest BCUT2D eigenvalue weighted by Gasteiger charge is -2.14. The molecule has 0 heterocycles. The summed E-state index contributed by atoms with van der Waals surface area (Å²) in [4.78, 5) is 0. The fourth-order valence-corrected chi connectivity index (χ4v) is 2.26. The summed E-state index contributed by atoms with van der Waals surface area (Å²) >= 11 is 0. The van der Waals surface area contributed by atoms with Crippen LogP contribution in [-0.2, 0) is 6.54 Å². The Morgan fingerprint density at radius 3 is 2.37 bits per heavy atom. The zero-order valence-corrected chi connectivity index (χ0v) is 12.0. The molecule has 2 rings (SSSR count). The van der Waals surface area contributed by atoms with Crippen molar-refractivity contribution < 1.29 is 5.11 Å². The largest absolute Gasteiger partial charge is 0.507 e. The second kappa shape index (κ2) is 5.35. The second-order valence-corrected chi connectivity index (χ2v) is 5.19. The van der Waals surface area contributed by atoms with E-state index in [0.717, 1.165) is 23.4 Å². The lowest BCUT2D eigenvalue weighted by atomic mass is 10.0. The first-order chi connectivity index (χ1) is 8.99. The van der Waals surface area contributed by atoms with Gasteiger partial charge in [-0.3, -0.25) is 0 Å². The minimum atomic E-state index is 0.380. The first kappa shape index (κ1) is 13.5. The second-order valence-electron chi connectivity index (χ2n) is 5.19. The number of phenolic OH excluding ortho intramolecular Hbond substituents is 1. The minimum Gasteiger partial charge on any atom is -0.507 e. The van der Waals surface area contributed by atoms with Crippen LogP contribution < -0.4 is 5.32 Å². The first-order valence-corrected chi connectivity index (χ1v) is 6.58. The predicted molar refractivity (Wildman–Crippen MR) is 80.8 cm³/mol. The number of benzene rings is 2. The summed E-state index contributed by atoms with van der Waals surface area (Å²) in [7, 11) is 0. The molecule has 0 aromatic heterocycles. The normalized spacial score (nSPS) is 10.5. The van der Waals surface area contributed by atoms with Gasteiger partial charge in [0.25, 0.3) is 0 Å². The maximum atomic E-state index is 9.94. The molecule has 0 aliphatic heterocycles. The molecule has 0 aliphatic carbocycles. The van der Waals surface area contributed by atoms with Gasteiger partial charge in [0, 0.05) is 17.8 Å². The number of phenols is 1. The van der Waals surface area contributed by atoms with Crippen LogP contribution in [0.4, 0.5) is 5.69 Å². The van der Waals surface area contributed by atoms with Gasteiger partial charge in [0.2, 0.25) is 0 Å². The number of hydrogen-bond acceptors (Lipinski definition) is 2. The predicted octanol–water partition coefficient (Wildman–Crippen LogP) is 4.24. The molecule has 0 aliphatic rings. The van der Waals surface area contributed by atoms with E-state index < -0.39 is 0 Å². The van der Waals surface area contributed by atoms with E-state index >= 15 is 0 Å². The van der Waals surface area contributed by atoms with Gasteiger partial charge in [-0.15, -0.1) is 0 Å². The standard InChI is InChI=1S/C17H21NO/c1-11-5-7-15(13(3)9-11)10-18-16-8-6-12(2)17(19)14(16)4/h5-9,18-19H,10H2,1-4H3. The molecule has 0 atom stereocenters. The molecule has 2 N–H and O–H groups in total. The Hall–Kier alpha value is -1.96. The van der Waals surface area contributed by atoms with Crippen molar-refractivity contribution in [2.24, 2.45) is 0 Å². The number of rotatable bonds is 3. The van der Waals surface area contributed by atoms with Gasteiger partial charge in [-0.2, -0.15) is 0 Å². The molecular formula is C17H21NO. The average Bonchev–Trinajstić information content (AvgIpc) is 2.37. The van der Waals surface area contributed by atoms with Crippen molar-refractivity contribution in [3.05, 3.63) is 58.1 Å². The Balaban J connectivity index is 2.17. The lowest BCUT2D eigenvalue weighted by molar-refractivity contribution is 0.467. The minimum absolute atomic E-state index is 0.380. The fraction of sp³-hybridized carbons (Fsp3) is 0.294. The van der Waals surface area contributed by atoms with Crippen LogP contribution in [-0.4, -0.2) is 5.11 Å². The third-order valence-corrected chi connectivity index (χ3v) is 3.60. The molecule has 100 valence electrons. The van der Waals surface area contributed by atoms with Crippen LogP contribution in [0, 0.1) is 27.7 Å². The molecule has 0 fully saturated rings. The number of aromatic hydroxyl groups is 1. The van der Waals surface area contributed by atoms with Crippen LogP contribution in [0.2, 0.25) is 0 Å². The van der Waals surface area contributed by atoms with Gasteiger partial charge in [-0.1, -0.05) is 29.8 Å². The zero-order valence-electron chi connectivity index (χ0n) is 12.0. The molecule has 2 heteroatoms. The summed E-state index contributed by atoms with van der Waals surface area (Å²) in [5.74, 6) is 0.380. The van der Waals surface area contributed by atoms with Crippen molar-refractivity contribution in [3.8, 4) is 5.75 Å². The number of anilines is 1. The van der Waals surface area contributed by atoms with E-state index in [0.29, 0.717) is 5.75 Å². The molecule has 0 amide bonds. The number of nitrogens with one attached hydrogen (secondary N) is 1. The maximum Gasteiger partial charge on any atom is 0.123 e. The van der Waals surface area contributed by atoms with Crippen LogP contribution in [0.3, 0.4) is 0 Å². The maximum absolute atomic E-state index is 9.94. The third-order valence-electron chi connectivity index (χ3n) is 3.60. The molecule has 2 nitrogen and oxygen atoms in total. The summed E-state index contributed by atoms with van der Waals surface area (Å²) in [5, 5.41) is 13.3. The van der Waals surface area contributed by atoms with Crippen LogP contribution in [0.5, 0.6) is 5.75 Å². The summed E-state index contributed by atoms with van der Waals surface area (Å²) in [5.41, 5.74) is 6.67. The highest BCUT2D eigenvalue weighted by Gasteiger charge is 2.06. The summed E-state index contributed by atoms with van der Waals surface area (Å²) in [6.45, 7) is 8.86. The van der Waals surface area contributed by atoms with Gasteiger partial charge < -0.3 is 10.4 Å². The van der Waals surface area contributed by atoms with E-state index in [4.69, 9.17) is 0 Å². The van der Waals surface area contributed by atoms with Crippen molar-refractivity contribution >= 4 is 5.69 Å². The van der Waals surface area contributed by atoms with Crippen LogP contribution >= 0.6 is 0 Å². The van der Waals surface area contributed by atoms with Gasteiger partial charge in [0.15, 0.2) is 0 Å². The molecule has 2 aromatic rings. The lowest BCUT2D eigenvalue weighted by Crippen LogP contribution is -2.03. The molecule has 0 saturated heterocycles. The van der Waals surface area contributed by atoms with Crippen molar-refractivity contribution in [2.75, 3.05) is 5.32 Å². The third kappa shape index (κ3) is 2.90. The Bertz CT molecular complexity index is 602. The van der Waals surface area contributed by atoms with Crippen molar-refractivity contribution in [1.82, 2.24) is 0 Å². The molecule has 19 heavy (non-hydrogen) atoms. The fourth-order valence-electron chi connectivity index (χ4n) is 2.26. The van der Waals surface area contributed by atoms with Crippen molar-refractivity contribution in [3.63, 3.8) is 0 Å². The van der Waals surface area contributed by atoms with E-state index in [1.807, 2.05) is 26.0 Å². The molecule has 0 unspecified atom stereocenters. The smallest absolute Gasteiger partial charge is 0.123 e. The summed E-state index contributed by atoms with van der Waals surface area (Å²) < 4.78 is 0. The van der Waals surface area contributed by atoms with Gasteiger partial charge >= 0.3 is 0 Å². The van der Waals surface area contributed by atoms with E-state index in [1.165, 1.54) is 16.7 Å². The van der Waals surface area contributed by atoms with Gasteiger partial charge in [-0.25, -0.2) is 0 Å². The number of hydrogen-bond donors (Lipinski definition) is 2. The Labute approximate surface area is 115 Å². The highest BCUT2D eigenvalue weighted by atomic mass is 16.3. The molecule has 0 spiro atoms. The SMILES string of the molecule is Cc1ccc(CNc2ccc(C)c(O)c2C)c(C)c1. The monoisotopic (exact) mass is 255 g/mol. The zero-order chi connectivity index (χ0) is 14.0. The van der Waals surface area contributed by atoms with Crippen LogP contribution in [0.1, 0.15) is 27.8 Å². The van der Waals surface area contributed by atoms with E-state index in [-0.39, 0.29) is 0 Å². The Morgan fingerprint density at radius 2 is 1.68 bits per heavy atom. The molecular weight excluding hydrogens is 234 g/mol. The highest BCUT2D eigenvalue weighted by Crippen LogP contribution is 2.28. The van der Waals surface area contributed by atoms with Crippen LogP contribution in [0.25, 0.3) is 0 Å². The van der Waals surface area contributed by atoms with E-state index in [2.05, 4.69) is 37.4 Å². The molecule has 0 saturated carbocycles. The van der Waals surface area contributed by atoms with Crippen molar-refractivity contribution in [2.45, 2.75) is 34.2 Å². The quantitative estimate of drug-likeness (QED) is 0.860. The summed E-state index contributed by atoms with van der Waals surface area (Å²) in [6, 6.07) is 10.4. The van der Waals surface area contributed by atoms with E-state index in [9.17, 15) is 5.11 Å². The van der Waals surface area contributed by atoms with Gasteiger partial charge in [0.05, 0.1) is 0 Å². The van der Waals surface area contributed by atoms with Gasteiger partial charge in [-0.05, 0) is 50.5 Å². The molecule has 2 aromatic carbocycles. The van der Waals surface area contributed by atoms with Gasteiger partial charge in [0.1, 0.15) is 5.75 Å². The average molecular weight is 255 g/mol. The van der Waals surface area contributed by atoms with Crippen LogP contribution in [0.15, 0.2) is 30.3 Å². The first-order valence-electron chi connectivity index (χ1n) is 6.58.